The van der Waals surface area contributed by atoms with Crippen LogP contribution in [0.3, 0.4) is 0 Å². The van der Waals surface area contributed by atoms with Crippen molar-refractivity contribution in [1.82, 2.24) is 5.32 Å². The smallest absolute Gasteiger partial charge is 0.251 e. The number of carbonyl (C=O) groups excluding carboxylic acids is 1. The van der Waals surface area contributed by atoms with Gasteiger partial charge in [-0.3, -0.25) is 4.79 Å². The van der Waals surface area contributed by atoms with Crippen LogP contribution in [-0.4, -0.2) is 19.5 Å². The van der Waals surface area contributed by atoms with Crippen LogP contribution >= 0.6 is 27.3 Å². The van der Waals surface area contributed by atoms with Gasteiger partial charge < -0.3 is 16.0 Å². The summed E-state index contributed by atoms with van der Waals surface area (Å²) < 4.78 is 1.09. The molecule has 6 heteroatoms. The maximum Gasteiger partial charge on any atom is 0.251 e. The number of amides is 1. The van der Waals surface area contributed by atoms with Crippen molar-refractivity contribution in [3.05, 3.63) is 44.6 Å². The Hall–Kier alpha value is -1.53. The molecule has 0 saturated carbocycles. The molecule has 0 aliphatic rings. The highest BCUT2D eigenvalue weighted by Gasteiger charge is 2.11. The average molecular weight is 368 g/mol. The number of nitrogens with two attached hydrogens (primary N) is 1. The summed E-state index contributed by atoms with van der Waals surface area (Å²) in [4.78, 5) is 15.1. The van der Waals surface area contributed by atoms with E-state index < -0.39 is 0 Å². The highest BCUT2D eigenvalue weighted by atomic mass is 79.9. The van der Waals surface area contributed by atoms with E-state index in [0.29, 0.717) is 17.8 Å². The van der Waals surface area contributed by atoms with E-state index in [2.05, 4.69) is 37.6 Å². The zero-order chi connectivity index (χ0) is 15.4. The molecule has 1 aromatic heterocycles. The molecule has 0 bridgehead atoms. The second-order valence-electron chi connectivity index (χ2n) is 4.72. The van der Waals surface area contributed by atoms with E-state index >= 15 is 0 Å². The van der Waals surface area contributed by atoms with Gasteiger partial charge in [-0.25, -0.2) is 0 Å². The molecule has 0 aliphatic carbocycles. The first-order valence-electron chi connectivity index (χ1n) is 6.63. The van der Waals surface area contributed by atoms with Gasteiger partial charge in [-0.05, 0) is 47.1 Å². The van der Waals surface area contributed by atoms with Crippen LogP contribution in [0, 0.1) is 0 Å². The topological polar surface area (TPSA) is 58.4 Å². The fourth-order valence-corrected chi connectivity index (χ4v) is 3.57. The van der Waals surface area contributed by atoms with E-state index in [1.54, 1.807) is 23.5 Å². The second-order valence-corrected chi connectivity index (χ2v) is 6.63. The van der Waals surface area contributed by atoms with E-state index in [1.807, 2.05) is 20.0 Å². The van der Waals surface area contributed by atoms with Crippen molar-refractivity contribution >= 4 is 44.5 Å². The number of nitrogen functional groups attached to an aromatic ring is 1. The molecule has 0 saturated heterocycles. The van der Waals surface area contributed by atoms with Crippen LogP contribution in [0.25, 0.3) is 0 Å². The molecule has 0 aliphatic heterocycles. The van der Waals surface area contributed by atoms with Crippen molar-refractivity contribution in [2.24, 2.45) is 0 Å². The molecule has 1 amide bonds. The maximum atomic E-state index is 11.8. The summed E-state index contributed by atoms with van der Waals surface area (Å²) in [7, 11) is 1.99. The van der Waals surface area contributed by atoms with E-state index in [9.17, 15) is 4.79 Å². The Morgan fingerprint density at radius 1 is 1.43 bits per heavy atom. The van der Waals surface area contributed by atoms with Crippen molar-refractivity contribution < 1.29 is 4.79 Å². The van der Waals surface area contributed by atoms with Crippen LogP contribution in [0.15, 0.2) is 34.1 Å². The predicted molar refractivity (Wildman–Crippen MR) is 93.0 cm³/mol. The minimum Gasteiger partial charge on any atom is -0.397 e. The van der Waals surface area contributed by atoms with E-state index in [-0.39, 0.29) is 5.91 Å². The molecule has 1 aromatic carbocycles. The van der Waals surface area contributed by atoms with Gasteiger partial charge in [-0.1, -0.05) is 0 Å². The average Bonchev–Trinajstić information content (AvgIpc) is 2.84. The second kappa shape index (κ2) is 6.95. The predicted octanol–water partition coefficient (Wildman–Crippen LogP) is 3.48. The first kappa shape index (κ1) is 15.9. The van der Waals surface area contributed by atoms with E-state index in [0.717, 1.165) is 16.7 Å². The number of nitrogens with zero attached hydrogens (tertiary/aromatic N) is 1. The highest BCUT2D eigenvalue weighted by molar-refractivity contribution is 9.10. The lowest BCUT2D eigenvalue weighted by molar-refractivity contribution is 0.0956. The summed E-state index contributed by atoms with van der Waals surface area (Å²) >= 11 is 5.16. The summed E-state index contributed by atoms with van der Waals surface area (Å²) in [5.74, 6) is -0.0967. The van der Waals surface area contributed by atoms with Crippen LogP contribution in [0.4, 0.5) is 11.4 Å². The standard InChI is InChI=1S/C15H18BrN3OS/c1-3-18-15(20)10-4-5-14(13(17)6-10)19(2)8-12-7-11(16)9-21-12/h4-7,9H,3,8,17H2,1-2H3,(H,18,20). The van der Waals surface area contributed by atoms with Gasteiger partial charge in [0.25, 0.3) is 5.91 Å². The summed E-state index contributed by atoms with van der Waals surface area (Å²) in [6.07, 6.45) is 0. The fourth-order valence-electron chi connectivity index (χ4n) is 2.06. The molecule has 1 heterocycles. The minimum atomic E-state index is -0.0967. The minimum absolute atomic E-state index is 0.0967. The Balaban J connectivity index is 2.14. The Kier molecular flexibility index (Phi) is 5.25. The van der Waals surface area contributed by atoms with E-state index in [1.165, 1.54) is 4.88 Å². The molecular weight excluding hydrogens is 350 g/mol. The molecule has 2 aromatic rings. The number of carbonyl (C=O) groups is 1. The van der Waals surface area contributed by atoms with Crippen molar-refractivity contribution in [2.75, 3.05) is 24.2 Å². The van der Waals surface area contributed by atoms with Crippen LogP contribution in [-0.2, 0) is 6.54 Å². The number of anilines is 2. The Morgan fingerprint density at radius 3 is 2.76 bits per heavy atom. The number of hydrogen-bond acceptors (Lipinski definition) is 4. The molecule has 0 fully saturated rings. The summed E-state index contributed by atoms with van der Waals surface area (Å²) in [6, 6.07) is 7.52. The molecule has 0 radical (unpaired) electrons. The third-order valence-corrected chi connectivity index (χ3v) is 4.74. The van der Waals surface area contributed by atoms with Gasteiger partial charge >= 0.3 is 0 Å². The molecule has 0 atom stereocenters. The van der Waals surface area contributed by atoms with Crippen LogP contribution < -0.4 is 16.0 Å². The lowest BCUT2D eigenvalue weighted by Gasteiger charge is -2.20. The van der Waals surface area contributed by atoms with E-state index in [4.69, 9.17) is 5.73 Å². The highest BCUT2D eigenvalue weighted by Crippen LogP contribution is 2.27. The van der Waals surface area contributed by atoms with Crippen molar-refractivity contribution in [3.8, 4) is 0 Å². The van der Waals surface area contributed by atoms with Gasteiger partial charge in [0, 0.05) is 33.9 Å². The van der Waals surface area contributed by atoms with Crippen molar-refractivity contribution in [3.63, 3.8) is 0 Å². The largest absolute Gasteiger partial charge is 0.397 e. The first-order valence-corrected chi connectivity index (χ1v) is 8.30. The Morgan fingerprint density at radius 2 is 2.19 bits per heavy atom. The summed E-state index contributed by atoms with van der Waals surface area (Å²) in [5, 5.41) is 4.83. The Bertz CT molecular complexity index is 642. The number of halogens is 1. The van der Waals surface area contributed by atoms with Gasteiger partial charge in [-0.2, -0.15) is 0 Å². The first-order chi connectivity index (χ1) is 10.0. The maximum absolute atomic E-state index is 11.8. The quantitative estimate of drug-likeness (QED) is 0.795. The lowest BCUT2D eigenvalue weighted by Crippen LogP contribution is -2.23. The summed E-state index contributed by atoms with van der Waals surface area (Å²) in [6.45, 7) is 3.27. The number of nitrogens with one attached hydrogen (secondary N) is 1. The zero-order valence-corrected chi connectivity index (χ0v) is 14.4. The number of hydrogen-bond donors (Lipinski definition) is 2. The van der Waals surface area contributed by atoms with Gasteiger partial charge in [0.1, 0.15) is 0 Å². The van der Waals surface area contributed by atoms with Crippen LogP contribution in [0.5, 0.6) is 0 Å². The molecule has 4 nitrogen and oxygen atoms in total. The SMILES string of the molecule is CCNC(=O)c1ccc(N(C)Cc2cc(Br)cs2)c(N)c1. The van der Waals surface area contributed by atoms with Crippen molar-refractivity contribution in [1.29, 1.82) is 0 Å². The molecule has 3 N–H and O–H groups in total. The molecule has 0 unspecified atom stereocenters. The number of rotatable bonds is 5. The van der Waals surface area contributed by atoms with Crippen LogP contribution in [0.1, 0.15) is 22.2 Å². The molecule has 112 valence electrons. The van der Waals surface area contributed by atoms with Crippen LogP contribution in [0.2, 0.25) is 0 Å². The normalized spacial score (nSPS) is 10.4. The number of benzene rings is 1. The third-order valence-electron chi connectivity index (χ3n) is 3.05. The van der Waals surface area contributed by atoms with Gasteiger partial charge in [0.2, 0.25) is 0 Å². The Labute approximate surface area is 137 Å². The molecule has 2 rings (SSSR count). The number of thiophene rings is 1. The third kappa shape index (κ3) is 3.98. The van der Waals surface area contributed by atoms with Gasteiger partial charge in [-0.15, -0.1) is 11.3 Å². The van der Waals surface area contributed by atoms with Gasteiger partial charge in [0.15, 0.2) is 0 Å². The van der Waals surface area contributed by atoms with Gasteiger partial charge in [0.05, 0.1) is 17.9 Å². The molecule has 21 heavy (non-hydrogen) atoms. The molecular formula is C15H18BrN3OS. The summed E-state index contributed by atoms with van der Waals surface area (Å²) in [5.41, 5.74) is 8.21. The van der Waals surface area contributed by atoms with Crippen molar-refractivity contribution in [2.45, 2.75) is 13.5 Å². The fraction of sp³-hybridized carbons (Fsp3) is 0.267. The molecule has 0 spiro atoms. The monoisotopic (exact) mass is 367 g/mol. The zero-order valence-electron chi connectivity index (χ0n) is 12.0. The lowest BCUT2D eigenvalue weighted by atomic mass is 10.1.